The van der Waals surface area contributed by atoms with Crippen molar-refractivity contribution < 1.29 is 18.8 Å². The van der Waals surface area contributed by atoms with Crippen molar-refractivity contribution in [2.45, 2.75) is 52.1 Å². The van der Waals surface area contributed by atoms with Crippen LogP contribution in [0, 0.1) is 0 Å². The maximum atomic E-state index is 8.70. The van der Waals surface area contributed by atoms with Crippen LogP contribution in [-0.4, -0.2) is 29.5 Å². The van der Waals surface area contributed by atoms with Gasteiger partial charge in [-0.2, -0.15) is 0 Å². The lowest BCUT2D eigenvalue weighted by molar-refractivity contribution is 0.0173. The van der Waals surface area contributed by atoms with Crippen LogP contribution in [0.4, 0.5) is 0 Å². The molecule has 0 aliphatic carbocycles. The van der Waals surface area contributed by atoms with Crippen molar-refractivity contribution in [3.8, 4) is 0 Å². The topological polar surface area (TPSA) is 69.9 Å². The van der Waals surface area contributed by atoms with E-state index < -0.39 is 9.05 Å². The zero-order valence-electron chi connectivity index (χ0n) is 8.36. The summed E-state index contributed by atoms with van der Waals surface area (Å²) in [5.41, 5.74) is 0. The quantitative estimate of drug-likeness (QED) is 0.427. The Hall–Kier alpha value is 0.0569. The number of unbranched alkanes of at least 4 members (excludes halogenated alkanes) is 2. The minimum atomic E-state index is -4.30. The highest BCUT2D eigenvalue weighted by Gasteiger charge is 2.33. The van der Waals surface area contributed by atoms with Gasteiger partial charge in [0.1, 0.15) is 0 Å². The molecule has 0 spiro atoms. The van der Waals surface area contributed by atoms with Crippen molar-refractivity contribution >= 4 is 9.05 Å². The molecule has 13 heavy (non-hydrogen) atoms. The summed E-state index contributed by atoms with van der Waals surface area (Å²) in [6.07, 6.45) is 4.48. The number of hydrogen-bond acceptors (Lipinski definition) is 4. The summed E-state index contributed by atoms with van der Waals surface area (Å²) in [7, 11) is -4.30. The maximum absolute atomic E-state index is 8.70. The second kappa shape index (κ2) is 6.50. The van der Waals surface area contributed by atoms with Crippen LogP contribution in [0.1, 0.15) is 46.0 Å². The molecule has 1 atom stereocenters. The molecule has 0 saturated carbocycles. The molecule has 0 rings (SSSR count). The first-order valence-electron chi connectivity index (χ1n) is 4.84. The fraction of sp³-hybridized carbons (Fsp3) is 1.00. The van der Waals surface area contributed by atoms with Crippen molar-refractivity contribution in [1.82, 2.24) is 0 Å². The van der Waals surface area contributed by atoms with Crippen LogP contribution in [0.5, 0.6) is 0 Å². The molecular weight excluding hydrogens is 188 g/mol. The van der Waals surface area contributed by atoms with E-state index in [1.807, 2.05) is 6.92 Å². The van der Waals surface area contributed by atoms with Crippen LogP contribution in [0.2, 0.25) is 0 Å². The summed E-state index contributed by atoms with van der Waals surface area (Å²) >= 11 is 0. The third kappa shape index (κ3) is 8.39. The molecule has 0 bridgehead atoms. The second-order valence-electron chi connectivity index (χ2n) is 3.22. The van der Waals surface area contributed by atoms with Crippen LogP contribution in [0.15, 0.2) is 0 Å². The average Bonchev–Trinajstić information content (AvgIpc) is 2.01. The molecule has 0 aromatic rings. The summed E-state index contributed by atoms with van der Waals surface area (Å²) in [6, 6.07) is 0. The minimum absolute atomic E-state index is 0.224. The molecule has 0 aromatic carbocycles. The van der Waals surface area contributed by atoms with E-state index in [9.17, 15) is 0 Å². The minimum Gasteiger partial charge on any atom is -0.368 e. The molecule has 0 amide bonds. The first-order chi connectivity index (χ1) is 5.99. The first kappa shape index (κ1) is 13.1. The van der Waals surface area contributed by atoms with Gasteiger partial charge in [0, 0.05) is 0 Å². The van der Waals surface area contributed by atoms with Gasteiger partial charge >= 0.3 is 9.05 Å². The van der Waals surface area contributed by atoms with Gasteiger partial charge in [-0.15, -0.1) is 0 Å². The highest BCUT2D eigenvalue weighted by molar-refractivity contribution is 6.48. The Morgan fingerprint density at radius 1 is 1.15 bits per heavy atom. The molecule has 0 radical (unpaired) electrons. The van der Waals surface area contributed by atoms with Gasteiger partial charge in [0.05, 0.1) is 6.10 Å². The van der Waals surface area contributed by atoms with Crippen LogP contribution in [0.25, 0.3) is 0 Å². The van der Waals surface area contributed by atoms with Gasteiger partial charge in [-0.3, -0.25) is 0 Å². The standard InChI is InChI=1S/C8H20O4Si/c1-3-5-6-7-8(4-2)12-13(9,10)11/h8-11H,3-7H2,1-2H3. The van der Waals surface area contributed by atoms with Gasteiger partial charge in [-0.05, 0) is 12.8 Å². The monoisotopic (exact) mass is 208 g/mol. The molecule has 5 heteroatoms. The highest BCUT2D eigenvalue weighted by Crippen LogP contribution is 2.12. The molecule has 0 aromatic heterocycles. The Balaban J connectivity index is 3.63. The summed E-state index contributed by atoms with van der Waals surface area (Å²) in [4.78, 5) is 26.1. The van der Waals surface area contributed by atoms with Gasteiger partial charge in [-0.1, -0.05) is 33.1 Å². The smallest absolute Gasteiger partial charge is 0.368 e. The van der Waals surface area contributed by atoms with Crippen LogP contribution < -0.4 is 0 Å². The molecule has 0 saturated heterocycles. The Kier molecular flexibility index (Phi) is 6.53. The highest BCUT2D eigenvalue weighted by atomic mass is 28.4. The van der Waals surface area contributed by atoms with E-state index in [1.54, 1.807) is 0 Å². The van der Waals surface area contributed by atoms with Gasteiger partial charge in [0.15, 0.2) is 0 Å². The van der Waals surface area contributed by atoms with E-state index in [0.717, 1.165) is 25.7 Å². The molecule has 0 fully saturated rings. The van der Waals surface area contributed by atoms with Crippen LogP contribution in [-0.2, 0) is 4.43 Å². The average molecular weight is 208 g/mol. The van der Waals surface area contributed by atoms with Crippen molar-refractivity contribution in [3.63, 3.8) is 0 Å². The molecule has 0 heterocycles. The van der Waals surface area contributed by atoms with E-state index in [0.29, 0.717) is 6.42 Å². The normalized spacial score (nSPS) is 14.5. The Morgan fingerprint density at radius 3 is 2.15 bits per heavy atom. The summed E-state index contributed by atoms with van der Waals surface area (Å²) in [5.74, 6) is 0. The van der Waals surface area contributed by atoms with Crippen molar-refractivity contribution in [3.05, 3.63) is 0 Å². The van der Waals surface area contributed by atoms with Gasteiger partial charge in [-0.25, -0.2) is 0 Å². The summed E-state index contributed by atoms with van der Waals surface area (Å²) in [5, 5.41) is 0. The van der Waals surface area contributed by atoms with E-state index in [1.165, 1.54) is 0 Å². The van der Waals surface area contributed by atoms with Crippen molar-refractivity contribution in [2.24, 2.45) is 0 Å². The van der Waals surface area contributed by atoms with Gasteiger partial charge < -0.3 is 18.8 Å². The van der Waals surface area contributed by atoms with E-state index in [2.05, 4.69) is 6.92 Å². The third-order valence-corrected chi connectivity index (χ3v) is 2.56. The molecule has 80 valence electrons. The molecule has 4 nitrogen and oxygen atoms in total. The van der Waals surface area contributed by atoms with Crippen molar-refractivity contribution in [2.75, 3.05) is 0 Å². The van der Waals surface area contributed by atoms with Crippen molar-refractivity contribution in [1.29, 1.82) is 0 Å². The third-order valence-electron chi connectivity index (χ3n) is 1.91. The Labute approximate surface area is 80.7 Å². The predicted molar refractivity (Wildman–Crippen MR) is 51.7 cm³/mol. The van der Waals surface area contributed by atoms with Crippen LogP contribution in [0.3, 0.4) is 0 Å². The lowest BCUT2D eigenvalue weighted by Gasteiger charge is -2.19. The largest absolute Gasteiger partial charge is 0.671 e. The number of hydrogen-bond donors (Lipinski definition) is 3. The van der Waals surface area contributed by atoms with E-state index >= 15 is 0 Å². The van der Waals surface area contributed by atoms with E-state index in [4.69, 9.17) is 18.8 Å². The summed E-state index contributed by atoms with van der Waals surface area (Å²) < 4.78 is 4.74. The zero-order chi connectivity index (χ0) is 10.3. The molecular formula is C8H20O4Si. The fourth-order valence-electron chi connectivity index (χ4n) is 1.19. The van der Waals surface area contributed by atoms with Gasteiger partial charge in [0.2, 0.25) is 0 Å². The lowest BCUT2D eigenvalue weighted by atomic mass is 10.1. The fourth-order valence-corrected chi connectivity index (χ4v) is 1.92. The van der Waals surface area contributed by atoms with E-state index in [-0.39, 0.29) is 6.10 Å². The zero-order valence-corrected chi connectivity index (χ0v) is 9.36. The van der Waals surface area contributed by atoms with Gasteiger partial charge in [0.25, 0.3) is 0 Å². The SMILES string of the molecule is CCCCCC(CC)O[Si](O)(O)O. The first-order valence-corrected chi connectivity index (χ1v) is 6.59. The maximum Gasteiger partial charge on any atom is 0.671 e. The predicted octanol–water partition coefficient (Wildman–Crippen LogP) is 0.774. The van der Waals surface area contributed by atoms with Crippen LogP contribution >= 0.6 is 0 Å². The Morgan fingerprint density at radius 2 is 1.77 bits per heavy atom. The Bertz CT molecular complexity index is 124. The second-order valence-corrected chi connectivity index (χ2v) is 4.60. The molecule has 1 unspecified atom stereocenters. The lowest BCUT2D eigenvalue weighted by Crippen LogP contribution is -2.42. The molecule has 0 aliphatic rings. The number of rotatable bonds is 7. The molecule has 0 aliphatic heterocycles. The molecule has 3 N–H and O–H groups in total. The summed E-state index contributed by atoms with van der Waals surface area (Å²) in [6.45, 7) is 4.00.